The lowest BCUT2D eigenvalue weighted by molar-refractivity contribution is 0.0747. The molecule has 1 aromatic carbocycles. The third kappa shape index (κ3) is 4.84. The molecular formula is C19H16Cl5N3O3. The van der Waals surface area contributed by atoms with Gasteiger partial charge in [0.05, 0.1) is 27.3 Å². The lowest BCUT2D eigenvalue weighted by atomic mass is 10.3. The van der Waals surface area contributed by atoms with Crippen LogP contribution in [0, 0.1) is 0 Å². The van der Waals surface area contributed by atoms with Crippen LogP contribution in [0.5, 0.6) is 5.75 Å². The predicted octanol–water partition coefficient (Wildman–Crippen LogP) is 6.61. The molecule has 0 aliphatic carbocycles. The number of furan rings is 1. The number of aryl methyl sites for hydroxylation is 1. The normalized spacial score (nSPS) is 11.0. The maximum atomic E-state index is 12.6. The standard InChI is InChI=1S/C19H16Cl5N3O3/c1-3-27-7-6-10(25-27)8-26(2)19(28)12-5-4-11(30-12)9-29-18-16(23)14(21)13(20)15(22)17(18)24/h4-7H,3,8-9H2,1-2H3. The molecule has 0 bridgehead atoms. The van der Waals surface area contributed by atoms with E-state index in [1.54, 1.807) is 23.9 Å². The van der Waals surface area contributed by atoms with E-state index in [1.165, 1.54) is 4.90 Å². The highest BCUT2D eigenvalue weighted by Gasteiger charge is 2.22. The Balaban J connectivity index is 1.67. The van der Waals surface area contributed by atoms with E-state index in [9.17, 15) is 4.79 Å². The van der Waals surface area contributed by atoms with Crippen molar-refractivity contribution in [1.82, 2.24) is 14.7 Å². The number of ether oxygens (including phenoxy) is 1. The predicted molar refractivity (Wildman–Crippen MR) is 118 cm³/mol. The van der Waals surface area contributed by atoms with Gasteiger partial charge >= 0.3 is 0 Å². The highest BCUT2D eigenvalue weighted by atomic mass is 35.5. The van der Waals surface area contributed by atoms with E-state index in [2.05, 4.69) is 5.10 Å². The summed E-state index contributed by atoms with van der Waals surface area (Å²) >= 11 is 30.3. The molecule has 3 rings (SSSR count). The van der Waals surface area contributed by atoms with E-state index >= 15 is 0 Å². The van der Waals surface area contributed by atoms with Crippen LogP contribution in [-0.4, -0.2) is 27.6 Å². The SMILES string of the molecule is CCn1ccc(CN(C)C(=O)c2ccc(COc3c(Cl)c(Cl)c(Cl)c(Cl)c3Cl)o2)n1. The molecule has 0 spiro atoms. The lowest BCUT2D eigenvalue weighted by Crippen LogP contribution is -2.26. The first kappa shape index (κ1) is 23.1. The van der Waals surface area contributed by atoms with Gasteiger partial charge in [-0.2, -0.15) is 5.10 Å². The summed E-state index contributed by atoms with van der Waals surface area (Å²) in [6, 6.07) is 5.05. The molecule has 0 saturated carbocycles. The summed E-state index contributed by atoms with van der Waals surface area (Å²) in [5, 5.41) is 4.54. The minimum Gasteiger partial charge on any atom is -0.482 e. The van der Waals surface area contributed by atoms with Crippen molar-refractivity contribution < 1.29 is 13.9 Å². The monoisotopic (exact) mass is 509 g/mol. The second-order valence-electron chi connectivity index (χ2n) is 6.28. The summed E-state index contributed by atoms with van der Waals surface area (Å²) in [7, 11) is 1.67. The molecule has 0 aliphatic heterocycles. The molecule has 0 unspecified atom stereocenters. The van der Waals surface area contributed by atoms with Crippen molar-refractivity contribution >= 4 is 63.9 Å². The first-order chi connectivity index (χ1) is 14.2. The van der Waals surface area contributed by atoms with Crippen molar-refractivity contribution in [2.45, 2.75) is 26.6 Å². The number of amides is 1. The fraction of sp³-hybridized carbons (Fsp3) is 0.263. The van der Waals surface area contributed by atoms with Crippen molar-refractivity contribution in [2.75, 3.05) is 7.05 Å². The van der Waals surface area contributed by atoms with Gasteiger partial charge < -0.3 is 14.1 Å². The van der Waals surface area contributed by atoms with E-state index in [0.717, 1.165) is 12.2 Å². The van der Waals surface area contributed by atoms with Gasteiger partial charge in [-0.05, 0) is 25.1 Å². The minimum absolute atomic E-state index is 0.0326. The zero-order valence-electron chi connectivity index (χ0n) is 15.9. The van der Waals surface area contributed by atoms with Gasteiger partial charge in [0.1, 0.15) is 22.4 Å². The molecule has 0 saturated heterocycles. The van der Waals surface area contributed by atoms with Crippen LogP contribution in [0.2, 0.25) is 25.1 Å². The number of halogens is 5. The Morgan fingerprint density at radius 2 is 1.70 bits per heavy atom. The Labute approximate surface area is 198 Å². The number of rotatable bonds is 7. The molecule has 2 aromatic heterocycles. The Morgan fingerprint density at radius 3 is 2.30 bits per heavy atom. The molecule has 0 atom stereocenters. The molecule has 0 N–H and O–H groups in total. The Hall–Kier alpha value is -1.57. The number of nitrogens with zero attached hydrogens (tertiary/aromatic N) is 3. The Bertz CT molecular complexity index is 1050. The van der Waals surface area contributed by atoms with Gasteiger partial charge in [-0.1, -0.05) is 58.0 Å². The Morgan fingerprint density at radius 1 is 1.07 bits per heavy atom. The highest BCUT2D eigenvalue weighted by Crippen LogP contribution is 2.48. The molecule has 2 heterocycles. The topological polar surface area (TPSA) is 60.5 Å². The van der Waals surface area contributed by atoms with Gasteiger partial charge in [0.15, 0.2) is 11.5 Å². The third-order valence-electron chi connectivity index (χ3n) is 4.17. The second kappa shape index (κ2) is 9.71. The van der Waals surface area contributed by atoms with Crippen molar-refractivity contribution in [2.24, 2.45) is 0 Å². The molecule has 11 heteroatoms. The maximum absolute atomic E-state index is 12.6. The highest BCUT2D eigenvalue weighted by molar-refractivity contribution is 6.55. The van der Waals surface area contributed by atoms with Crippen LogP contribution in [0.15, 0.2) is 28.8 Å². The van der Waals surface area contributed by atoms with Crippen molar-refractivity contribution in [3.05, 3.63) is 66.7 Å². The molecule has 0 aliphatic rings. The number of aromatic nitrogens is 2. The summed E-state index contributed by atoms with van der Waals surface area (Å²) in [6.45, 7) is 3.05. The van der Waals surface area contributed by atoms with Gasteiger partial charge in [-0.25, -0.2) is 0 Å². The minimum atomic E-state index is -0.291. The largest absolute Gasteiger partial charge is 0.482 e. The lowest BCUT2D eigenvalue weighted by Gasteiger charge is -2.14. The smallest absolute Gasteiger partial charge is 0.289 e. The molecule has 160 valence electrons. The summed E-state index contributed by atoms with van der Waals surface area (Å²) in [5.74, 6) is 0.332. The molecule has 0 fully saturated rings. The van der Waals surface area contributed by atoms with Gasteiger partial charge in [0, 0.05) is 19.8 Å². The van der Waals surface area contributed by atoms with Crippen molar-refractivity contribution in [1.29, 1.82) is 0 Å². The van der Waals surface area contributed by atoms with Gasteiger partial charge in [-0.3, -0.25) is 9.48 Å². The zero-order valence-corrected chi connectivity index (χ0v) is 19.7. The van der Waals surface area contributed by atoms with Crippen LogP contribution in [0.1, 0.15) is 28.9 Å². The van der Waals surface area contributed by atoms with Crippen LogP contribution >= 0.6 is 58.0 Å². The molecule has 3 aromatic rings. The molecule has 30 heavy (non-hydrogen) atoms. The van der Waals surface area contributed by atoms with Gasteiger partial charge in [-0.15, -0.1) is 0 Å². The molecule has 1 amide bonds. The zero-order chi connectivity index (χ0) is 22.0. The van der Waals surface area contributed by atoms with Crippen LogP contribution in [0.4, 0.5) is 0 Å². The van der Waals surface area contributed by atoms with Crippen molar-refractivity contribution in [3.63, 3.8) is 0 Å². The van der Waals surface area contributed by atoms with E-state index in [4.69, 9.17) is 67.2 Å². The number of hydrogen-bond donors (Lipinski definition) is 0. The van der Waals surface area contributed by atoms with Crippen LogP contribution in [0.25, 0.3) is 0 Å². The average molecular weight is 512 g/mol. The molecule has 6 nitrogen and oxygen atoms in total. The number of carbonyl (C=O) groups is 1. The summed E-state index contributed by atoms with van der Waals surface area (Å²) < 4.78 is 13.0. The quantitative estimate of drug-likeness (QED) is 0.264. The maximum Gasteiger partial charge on any atom is 0.289 e. The first-order valence-corrected chi connectivity index (χ1v) is 10.6. The van der Waals surface area contributed by atoms with Crippen LogP contribution in [0.3, 0.4) is 0 Å². The first-order valence-electron chi connectivity index (χ1n) is 8.73. The molecular weight excluding hydrogens is 495 g/mol. The summed E-state index contributed by atoms with van der Waals surface area (Å²) in [6.07, 6.45) is 1.86. The van der Waals surface area contributed by atoms with E-state index < -0.39 is 0 Å². The van der Waals surface area contributed by atoms with Crippen LogP contribution in [-0.2, 0) is 19.7 Å². The summed E-state index contributed by atoms with van der Waals surface area (Å²) in [5.41, 5.74) is 0.781. The second-order valence-corrected chi connectivity index (χ2v) is 8.17. The summed E-state index contributed by atoms with van der Waals surface area (Å²) in [4.78, 5) is 14.1. The fourth-order valence-electron chi connectivity index (χ4n) is 2.59. The third-order valence-corrected chi connectivity index (χ3v) is 6.41. The van der Waals surface area contributed by atoms with Crippen molar-refractivity contribution in [3.8, 4) is 5.75 Å². The van der Waals surface area contributed by atoms with Gasteiger partial charge in [0.25, 0.3) is 5.91 Å². The van der Waals surface area contributed by atoms with Gasteiger partial charge in [0.2, 0.25) is 0 Å². The van der Waals surface area contributed by atoms with E-state index in [-0.39, 0.29) is 49.1 Å². The van der Waals surface area contributed by atoms with E-state index in [1.807, 2.05) is 19.2 Å². The number of benzene rings is 1. The fourth-order valence-corrected chi connectivity index (χ4v) is 3.82. The molecule has 0 radical (unpaired) electrons. The van der Waals surface area contributed by atoms with E-state index in [0.29, 0.717) is 12.3 Å². The van der Waals surface area contributed by atoms with Crippen LogP contribution < -0.4 is 4.74 Å². The average Bonchev–Trinajstić information content (AvgIpc) is 3.39. The number of hydrogen-bond acceptors (Lipinski definition) is 4. The number of carbonyl (C=O) groups excluding carboxylic acids is 1. The Kier molecular flexibility index (Phi) is 7.47.